The monoisotopic (exact) mass is 440 g/mol. The third-order valence-electron chi connectivity index (χ3n) is 6.12. The molecule has 0 saturated carbocycles. The van der Waals surface area contributed by atoms with Crippen LogP contribution in [0.15, 0.2) is 66.9 Å². The standard InChI is InChI=1S/C26H27F3N2O/c1-19-7-8-24(31-16-19)21-13-20(14-23(15-21)26(27,28)29)17-32-18-25(9-11-30-12-10-25)22-5-3-2-4-6-22/h2-8,13-16,30H,9-12,17-18H2,1H3. The SMILES string of the molecule is Cc1ccc(-c2cc(COCC3(c4ccccc4)CCNCC3)cc(C(F)(F)F)c2)nc1. The topological polar surface area (TPSA) is 34.1 Å². The van der Waals surface area contributed by atoms with Gasteiger partial charge in [-0.2, -0.15) is 13.2 Å². The van der Waals surface area contributed by atoms with Gasteiger partial charge in [0.2, 0.25) is 0 Å². The van der Waals surface area contributed by atoms with E-state index in [0.29, 0.717) is 23.4 Å². The number of aryl methyl sites for hydroxylation is 1. The third kappa shape index (κ3) is 5.19. The summed E-state index contributed by atoms with van der Waals surface area (Å²) in [5, 5.41) is 3.38. The van der Waals surface area contributed by atoms with E-state index in [1.807, 2.05) is 31.2 Å². The predicted octanol–water partition coefficient (Wildman–Crippen LogP) is 5.91. The normalized spacial score (nSPS) is 16.1. The van der Waals surface area contributed by atoms with Gasteiger partial charge in [0.1, 0.15) is 0 Å². The van der Waals surface area contributed by atoms with Crippen LogP contribution in [-0.4, -0.2) is 24.7 Å². The van der Waals surface area contributed by atoms with Crippen molar-refractivity contribution >= 4 is 0 Å². The van der Waals surface area contributed by atoms with Crippen LogP contribution in [0, 0.1) is 6.92 Å². The molecule has 0 unspecified atom stereocenters. The number of benzene rings is 2. The molecule has 3 aromatic rings. The zero-order chi connectivity index (χ0) is 22.6. The molecular formula is C26H27F3N2O. The van der Waals surface area contributed by atoms with E-state index in [1.54, 1.807) is 18.3 Å². The Balaban J connectivity index is 1.56. The minimum atomic E-state index is -4.43. The number of hydrogen-bond donors (Lipinski definition) is 1. The molecule has 1 saturated heterocycles. The van der Waals surface area contributed by atoms with Gasteiger partial charge in [-0.1, -0.05) is 36.4 Å². The first-order chi connectivity index (χ1) is 15.4. The quantitative estimate of drug-likeness (QED) is 0.517. The Bertz CT molecular complexity index is 1030. The van der Waals surface area contributed by atoms with Crippen molar-refractivity contribution in [2.75, 3.05) is 19.7 Å². The van der Waals surface area contributed by atoms with E-state index < -0.39 is 11.7 Å². The van der Waals surface area contributed by atoms with Crippen molar-refractivity contribution in [3.05, 3.63) is 89.1 Å². The molecule has 0 atom stereocenters. The number of ether oxygens (including phenoxy) is 1. The second kappa shape index (κ2) is 9.43. The highest BCUT2D eigenvalue weighted by Crippen LogP contribution is 2.35. The number of nitrogens with zero attached hydrogens (tertiary/aromatic N) is 1. The average Bonchev–Trinajstić information content (AvgIpc) is 2.80. The fourth-order valence-corrected chi connectivity index (χ4v) is 4.30. The number of alkyl halides is 3. The summed E-state index contributed by atoms with van der Waals surface area (Å²) in [6, 6.07) is 17.9. The van der Waals surface area contributed by atoms with Crippen LogP contribution in [0.3, 0.4) is 0 Å². The van der Waals surface area contributed by atoms with E-state index in [-0.39, 0.29) is 12.0 Å². The highest BCUT2D eigenvalue weighted by molar-refractivity contribution is 5.61. The molecule has 1 aliphatic heterocycles. The minimum Gasteiger partial charge on any atom is -0.376 e. The first kappa shape index (κ1) is 22.5. The molecule has 0 amide bonds. The van der Waals surface area contributed by atoms with Gasteiger partial charge in [-0.3, -0.25) is 4.98 Å². The van der Waals surface area contributed by atoms with Crippen molar-refractivity contribution in [1.29, 1.82) is 0 Å². The van der Waals surface area contributed by atoms with Gasteiger partial charge in [0, 0.05) is 17.2 Å². The molecule has 168 valence electrons. The van der Waals surface area contributed by atoms with Crippen molar-refractivity contribution < 1.29 is 17.9 Å². The molecule has 1 aromatic heterocycles. The van der Waals surface area contributed by atoms with Crippen LogP contribution in [-0.2, 0) is 22.9 Å². The van der Waals surface area contributed by atoms with Crippen molar-refractivity contribution in [3.63, 3.8) is 0 Å². The first-order valence-corrected chi connectivity index (χ1v) is 10.8. The Labute approximate surface area is 186 Å². The summed E-state index contributed by atoms with van der Waals surface area (Å²) in [4.78, 5) is 4.30. The highest BCUT2D eigenvalue weighted by atomic mass is 19.4. The molecular weight excluding hydrogens is 413 g/mol. The van der Waals surface area contributed by atoms with E-state index >= 15 is 0 Å². The molecule has 32 heavy (non-hydrogen) atoms. The second-order valence-electron chi connectivity index (χ2n) is 8.53. The maximum absolute atomic E-state index is 13.6. The number of aromatic nitrogens is 1. The van der Waals surface area contributed by atoms with Gasteiger partial charge in [-0.05, 0) is 73.8 Å². The van der Waals surface area contributed by atoms with Crippen molar-refractivity contribution in [1.82, 2.24) is 10.3 Å². The molecule has 1 fully saturated rings. The molecule has 0 radical (unpaired) electrons. The van der Waals surface area contributed by atoms with E-state index in [4.69, 9.17) is 4.74 Å². The molecule has 2 heterocycles. The zero-order valence-electron chi connectivity index (χ0n) is 18.1. The van der Waals surface area contributed by atoms with Gasteiger partial charge in [-0.25, -0.2) is 0 Å². The van der Waals surface area contributed by atoms with Crippen molar-refractivity contribution in [2.24, 2.45) is 0 Å². The van der Waals surface area contributed by atoms with E-state index in [9.17, 15) is 13.2 Å². The van der Waals surface area contributed by atoms with Gasteiger partial charge in [0.25, 0.3) is 0 Å². The second-order valence-corrected chi connectivity index (χ2v) is 8.53. The van der Waals surface area contributed by atoms with Crippen LogP contribution in [0.1, 0.15) is 35.1 Å². The fourth-order valence-electron chi connectivity index (χ4n) is 4.30. The maximum Gasteiger partial charge on any atom is 0.416 e. The summed E-state index contributed by atoms with van der Waals surface area (Å²) >= 11 is 0. The van der Waals surface area contributed by atoms with E-state index in [0.717, 1.165) is 37.6 Å². The summed E-state index contributed by atoms with van der Waals surface area (Å²) in [7, 11) is 0. The molecule has 0 spiro atoms. The lowest BCUT2D eigenvalue weighted by atomic mass is 9.74. The Morgan fingerprint density at radius 3 is 2.41 bits per heavy atom. The van der Waals surface area contributed by atoms with Crippen molar-refractivity contribution in [2.45, 2.75) is 38.0 Å². The number of pyridine rings is 1. The lowest BCUT2D eigenvalue weighted by Crippen LogP contribution is -2.43. The number of rotatable bonds is 6. The molecule has 1 N–H and O–H groups in total. The highest BCUT2D eigenvalue weighted by Gasteiger charge is 2.34. The molecule has 2 aromatic carbocycles. The summed E-state index contributed by atoms with van der Waals surface area (Å²) in [6.45, 7) is 4.26. The lowest BCUT2D eigenvalue weighted by molar-refractivity contribution is -0.137. The van der Waals surface area contributed by atoms with Gasteiger partial charge in [-0.15, -0.1) is 0 Å². The Hall–Kier alpha value is -2.70. The Morgan fingerprint density at radius 2 is 1.75 bits per heavy atom. The van der Waals surface area contributed by atoms with Gasteiger partial charge >= 0.3 is 6.18 Å². The Kier molecular flexibility index (Phi) is 6.63. The van der Waals surface area contributed by atoms with Crippen LogP contribution in [0.2, 0.25) is 0 Å². The number of piperidine rings is 1. The van der Waals surface area contributed by atoms with Crippen LogP contribution in [0.4, 0.5) is 13.2 Å². The largest absolute Gasteiger partial charge is 0.416 e. The number of halogens is 3. The van der Waals surface area contributed by atoms with Crippen LogP contribution < -0.4 is 5.32 Å². The lowest BCUT2D eigenvalue weighted by Gasteiger charge is -2.38. The smallest absolute Gasteiger partial charge is 0.376 e. The van der Waals surface area contributed by atoms with Gasteiger partial charge in [0.05, 0.1) is 24.5 Å². The fraction of sp³-hybridized carbons (Fsp3) is 0.346. The summed E-state index contributed by atoms with van der Waals surface area (Å²) < 4.78 is 46.7. The number of nitrogens with one attached hydrogen (secondary N) is 1. The molecule has 1 aliphatic rings. The van der Waals surface area contributed by atoms with E-state index in [1.165, 1.54) is 11.6 Å². The molecule has 6 heteroatoms. The molecule has 0 bridgehead atoms. The minimum absolute atomic E-state index is 0.116. The average molecular weight is 441 g/mol. The van der Waals surface area contributed by atoms with Gasteiger partial charge < -0.3 is 10.1 Å². The molecule has 3 nitrogen and oxygen atoms in total. The molecule has 4 rings (SSSR count). The van der Waals surface area contributed by atoms with Crippen LogP contribution in [0.25, 0.3) is 11.3 Å². The summed E-state index contributed by atoms with van der Waals surface area (Å²) in [5.41, 5.74) is 2.81. The summed E-state index contributed by atoms with van der Waals surface area (Å²) in [5.74, 6) is 0. The van der Waals surface area contributed by atoms with E-state index in [2.05, 4.69) is 22.4 Å². The number of hydrogen-bond acceptors (Lipinski definition) is 3. The zero-order valence-corrected chi connectivity index (χ0v) is 18.1. The van der Waals surface area contributed by atoms with Crippen LogP contribution >= 0.6 is 0 Å². The first-order valence-electron chi connectivity index (χ1n) is 10.8. The van der Waals surface area contributed by atoms with Crippen LogP contribution in [0.5, 0.6) is 0 Å². The van der Waals surface area contributed by atoms with Crippen molar-refractivity contribution in [3.8, 4) is 11.3 Å². The Morgan fingerprint density at radius 1 is 1.00 bits per heavy atom. The third-order valence-corrected chi connectivity index (χ3v) is 6.12. The predicted molar refractivity (Wildman–Crippen MR) is 119 cm³/mol. The molecule has 0 aliphatic carbocycles. The van der Waals surface area contributed by atoms with Gasteiger partial charge in [0.15, 0.2) is 0 Å². The maximum atomic E-state index is 13.6. The summed E-state index contributed by atoms with van der Waals surface area (Å²) in [6.07, 6.45) is -0.918.